The minimum Gasteiger partial charge on any atom is -0.469 e. The molecule has 0 aromatic carbocycles. The number of furan rings is 1. The molecule has 1 unspecified atom stereocenters. The van der Waals surface area contributed by atoms with E-state index >= 15 is 0 Å². The Bertz CT molecular complexity index is 551. The first kappa shape index (κ1) is 16.8. The summed E-state index contributed by atoms with van der Waals surface area (Å²) in [5.41, 5.74) is 1.08. The zero-order valence-corrected chi connectivity index (χ0v) is 13.2. The highest BCUT2D eigenvalue weighted by Gasteiger charge is 2.31. The lowest BCUT2D eigenvalue weighted by atomic mass is 9.73. The van der Waals surface area contributed by atoms with Crippen LogP contribution in [0.5, 0.6) is 0 Å². The Labute approximate surface area is 127 Å². The van der Waals surface area contributed by atoms with Gasteiger partial charge in [-0.3, -0.25) is 0 Å². The van der Waals surface area contributed by atoms with E-state index in [1.807, 2.05) is 31.2 Å². The van der Waals surface area contributed by atoms with Crippen molar-refractivity contribution in [2.45, 2.75) is 40.0 Å². The van der Waals surface area contributed by atoms with Gasteiger partial charge in [-0.2, -0.15) is 0 Å². The normalized spacial score (nSPS) is 14.0. The fourth-order valence-electron chi connectivity index (χ4n) is 2.43. The van der Waals surface area contributed by atoms with E-state index in [0.717, 1.165) is 17.8 Å². The molecule has 0 saturated heterocycles. The third-order valence-electron chi connectivity index (χ3n) is 3.18. The number of nitrogens with zero attached hydrogens (tertiary/aromatic N) is 1. The van der Waals surface area contributed by atoms with E-state index < -0.39 is 0 Å². The van der Waals surface area contributed by atoms with Gasteiger partial charge in [0.25, 0.3) is 6.26 Å². The number of hydrogen-bond donors (Lipinski definition) is 0. The molecule has 0 fully saturated rings. The molecule has 112 valence electrons. The van der Waals surface area contributed by atoms with Crippen molar-refractivity contribution in [3.63, 3.8) is 0 Å². The molecule has 3 nitrogen and oxygen atoms in total. The van der Waals surface area contributed by atoms with Crippen LogP contribution in [0.25, 0.3) is 0 Å². The molecule has 0 aliphatic carbocycles. The number of ether oxygens (including phenoxy) is 1. The third kappa shape index (κ3) is 5.00. The maximum Gasteiger partial charge on any atom is 0.292 e. The van der Waals surface area contributed by atoms with Crippen molar-refractivity contribution in [2.75, 3.05) is 0 Å². The van der Waals surface area contributed by atoms with Crippen LogP contribution < -0.4 is 0 Å². The van der Waals surface area contributed by atoms with Crippen LogP contribution in [0.4, 0.5) is 0 Å². The summed E-state index contributed by atoms with van der Waals surface area (Å²) < 4.78 is 10.4. The predicted octanol–water partition coefficient (Wildman–Crippen LogP) is 5.31. The fourth-order valence-corrected chi connectivity index (χ4v) is 2.43. The molecule has 1 aromatic heterocycles. The third-order valence-corrected chi connectivity index (χ3v) is 3.18. The molecule has 0 saturated carbocycles. The molecule has 1 aromatic rings. The van der Waals surface area contributed by atoms with Crippen LogP contribution in [0, 0.1) is 16.9 Å². The largest absolute Gasteiger partial charge is 0.469 e. The fraction of sp³-hybridized carbons (Fsp3) is 0.389. The quantitative estimate of drug-likeness (QED) is 0.308. The van der Waals surface area contributed by atoms with Crippen molar-refractivity contribution in [3.8, 4) is 6.26 Å². The highest BCUT2D eigenvalue weighted by atomic mass is 16.5. The molecule has 0 amide bonds. The van der Waals surface area contributed by atoms with Gasteiger partial charge in [0, 0.05) is 5.92 Å². The monoisotopic (exact) mass is 285 g/mol. The van der Waals surface area contributed by atoms with Crippen LogP contribution in [0.1, 0.15) is 45.8 Å². The molecule has 0 bridgehead atoms. The molecule has 21 heavy (non-hydrogen) atoms. The topological polar surface area (TPSA) is 46.2 Å². The molecule has 0 radical (unpaired) electrons. The standard InChI is InChI=1S/C18H23NO2/c1-6-7-9-15(12-14(2)21-13-19)17(18(3,4)5)16-10-8-11-20-16/h6-8,10-12,17H,2,9H2,1,3-5H3/b7-6-,15-12+. The number of hydrogen-bond acceptors (Lipinski definition) is 3. The molecule has 0 N–H and O–H groups in total. The van der Waals surface area contributed by atoms with Crippen LogP contribution in [0.3, 0.4) is 0 Å². The van der Waals surface area contributed by atoms with Gasteiger partial charge in [0.15, 0.2) is 0 Å². The molecule has 0 aliphatic heterocycles. The molecular formula is C18H23NO2. The van der Waals surface area contributed by atoms with Crippen LogP contribution in [-0.2, 0) is 4.74 Å². The molecule has 0 spiro atoms. The van der Waals surface area contributed by atoms with Crippen molar-refractivity contribution in [1.82, 2.24) is 0 Å². The molecular weight excluding hydrogens is 262 g/mol. The van der Waals surface area contributed by atoms with E-state index in [0.29, 0.717) is 5.76 Å². The Morgan fingerprint density at radius 2 is 2.24 bits per heavy atom. The number of rotatable bonds is 6. The van der Waals surface area contributed by atoms with Gasteiger partial charge in [-0.25, -0.2) is 0 Å². The Kier molecular flexibility index (Phi) is 6.05. The van der Waals surface area contributed by atoms with Crippen LogP contribution >= 0.6 is 0 Å². The Hall–Kier alpha value is -2.21. The smallest absolute Gasteiger partial charge is 0.292 e. The molecule has 3 heteroatoms. The van der Waals surface area contributed by atoms with Crippen molar-refractivity contribution in [1.29, 1.82) is 5.26 Å². The zero-order valence-electron chi connectivity index (χ0n) is 13.2. The van der Waals surface area contributed by atoms with Gasteiger partial charge >= 0.3 is 0 Å². The van der Waals surface area contributed by atoms with Gasteiger partial charge in [0.1, 0.15) is 11.5 Å². The Morgan fingerprint density at radius 3 is 2.71 bits per heavy atom. The average Bonchev–Trinajstić information content (AvgIpc) is 2.88. The molecule has 1 rings (SSSR count). The van der Waals surface area contributed by atoms with E-state index in [1.54, 1.807) is 12.5 Å². The lowest BCUT2D eigenvalue weighted by molar-refractivity contribution is 0.306. The van der Waals surface area contributed by atoms with E-state index in [2.05, 4.69) is 33.4 Å². The van der Waals surface area contributed by atoms with Gasteiger partial charge in [0.05, 0.1) is 6.26 Å². The van der Waals surface area contributed by atoms with E-state index in [-0.39, 0.29) is 11.3 Å². The number of nitriles is 1. The lowest BCUT2D eigenvalue weighted by Gasteiger charge is -2.31. The van der Waals surface area contributed by atoms with E-state index in [9.17, 15) is 0 Å². The Morgan fingerprint density at radius 1 is 1.52 bits per heavy atom. The highest BCUT2D eigenvalue weighted by Crippen LogP contribution is 2.42. The number of allylic oxidation sites excluding steroid dienone is 4. The second-order valence-electron chi connectivity index (χ2n) is 5.97. The molecule has 0 aliphatic rings. The minimum absolute atomic E-state index is 0.0296. The Balaban J connectivity index is 3.25. The predicted molar refractivity (Wildman–Crippen MR) is 84.3 cm³/mol. The van der Waals surface area contributed by atoms with E-state index in [1.165, 1.54) is 0 Å². The first-order valence-electron chi connectivity index (χ1n) is 7.00. The first-order valence-corrected chi connectivity index (χ1v) is 7.00. The average molecular weight is 285 g/mol. The van der Waals surface area contributed by atoms with Crippen LogP contribution in [0.2, 0.25) is 0 Å². The van der Waals surface area contributed by atoms with Gasteiger partial charge in [0.2, 0.25) is 0 Å². The lowest BCUT2D eigenvalue weighted by Crippen LogP contribution is -2.20. The van der Waals surface area contributed by atoms with Gasteiger partial charge in [-0.15, -0.1) is 5.26 Å². The summed E-state index contributed by atoms with van der Waals surface area (Å²) in [5.74, 6) is 1.34. The highest BCUT2D eigenvalue weighted by molar-refractivity contribution is 5.31. The van der Waals surface area contributed by atoms with E-state index in [4.69, 9.17) is 14.4 Å². The summed E-state index contributed by atoms with van der Waals surface area (Å²) in [5, 5.41) is 8.61. The summed E-state index contributed by atoms with van der Waals surface area (Å²) in [6.07, 6.45) is 10.0. The zero-order chi connectivity index (χ0) is 15.9. The van der Waals surface area contributed by atoms with Crippen molar-refractivity contribution in [2.24, 2.45) is 5.41 Å². The van der Waals surface area contributed by atoms with Crippen molar-refractivity contribution >= 4 is 0 Å². The second kappa shape index (κ2) is 7.54. The molecule has 1 heterocycles. The van der Waals surface area contributed by atoms with Crippen molar-refractivity contribution < 1.29 is 9.15 Å². The summed E-state index contributed by atoms with van der Waals surface area (Å²) in [7, 11) is 0. The van der Waals surface area contributed by atoms with Crippen LogP contribution in [0.15, 0.2) is 59.0 Å². The first-order chi connectivity index (χ1) is 9.90. The maximum atomic E-state index is 8.61. The minimum atomic E-state index is -0.0296. The summed E-state index contributed by atoms with van der Waals surface area (Å²) in [6.45, 7) is 12.2. The SMILES string of the molecule is C=C(/C=C(\C/C=C\C)C(c1ccco1)C(C)(C)C)OC#N. The van der Waals surface area contributed by atoms with Gasteiger partial charge < -0.3 is 9.15 Å². The summed E-state index contributed by atoms with van der Waals surface area (Å²) in [4.78, 5) is 0. The van der Waals surface area contributed by atoms with Gasteiger partial charge in [-0.1, -0.05) is 45.1 Å². The van der Waals surface area contributed by atoms with Gasteiger partial charge in [-0.05, 0) is 37.0 Å². The second-order valence-corrected chi connectivity index (χ2v) is 5.97. The molecule has 1 atom stereocenters. The summed E-state index contributed by atoms with van der Waals surface area (Å²) in [6, 6.07) is 3.87. The van der Waals surface area contributed by atoms with Crippen LogP contribution in [-0.4, -0.2) is 0 Å². The summed E-state index contributed by atoms with van der Waals surface area (Å²) >= 11 is 0. The van der Waals surface area contributed by atoms with Crippen molar-refractivity contribution in [3.05, 3.63) is 60.3 Å². The maximum absolute atomic E-state index is 8.61.